The van der Waals surface area contributed by atoms with Gasteiger partial charge in [0, 0.05) is 12.2 Å². The third kappa shape index (κ3) is 4.49. The van der Waals surface area contributed by atoms with Crippen LogP contribution in [0, 0.1) is 0 Å². The number of methoxy groups -OCH3 is 1. The number of carbonyl (C=O) groups is 1. The Morgan fingerprint density at radius 3 is 3.04 bits per heavy atom. The molecular formula is C15H17ClN4O2S. The molecule has 0 aliphatic rings. The molecule has 122 valence electrons. The molecule has 0 unspecified atom stereocenters. The Kier molecular flexibility index (Phi) is 6.06. The normalized spacial score (nSPS) is 11.8. The van der Waals surface area contributed by atoms with Crippen LogP contribution in [0.15, 0.2) is 42.3 Å². The summed E-state index contributed by atoms with van der Waals surface area (Å²) < 4.78 is 6.91. The summed E-state index contributed by atoms with van der Waals surface area (Å²) in [6, 6.07) is 5.09. The molecule has 1 heterocycles. The van der Waals surface area contributed by atoms with E-state index in [1.54, 1.807) is 37.5 Å². The second-order valence-electron chi connectivity index (χ2n) is 4.65. The van der Waals surface area contributed by atoms with Crippen LogP contribution in [-0.4, -0.2) is 33.0 Å². The number of rotatable bonds is 7. The van der Waals surface area contributed by atoms with Crippen molar-refractivity contribution in [2.45, 2.75) is 23.9 Å². The second kappa shape index (κ2) is 8.03. The molecule has 1 amide bonds. The zero-order valence-electron chi connectivity index (χ0n) is 12.8. The molecule has 1 aromatic heterocycles. The van der Waals surface area contributed by atoms with E-state index in [1.165, 1.54) is 18.9 Å². The third-order valence-corrected chi connectivity index (χ3v) is 4.37. The molecule has 1 N–H and O–H groups in total. The fourth-order valence-electron chi connectivity index (χ4n) is 1.80. The van der Waals surface area contributed by atoms with E-state index < -0.39 is 0 Å². The number of carbonyl (C=O) groups excluding carboxylic acids is 1. The van der Waals surface area contributed by atoms with Crippen LogP contribution in [0.2, 0.25) is 5.02 Å². The van der Waals surface area contributed by atoms with Crippen LogP contribution in [0.5, 0.6) is 5.75 Å². The molecule has 2 rings (SSSR count). The maximum atomic E-state index is 12.3. The number of thioether (sulfide) groups is 1. The number of amides is 1. The van der Waals surface area contributed by atoms with E-state index in [2.05, 4.69) is 22.1 Å². The third-order valence-electron chi connectivity index (χ3n) is 2.98. The zero-order chi connectivity index (χ0) is 16.8. The van der Waals surface area contributed by atoms with Crippen molar-refractivity contribution in [3.63, 3.8) is 0 Å². The molecule has 8 heteroatoms. The van der Waals surface area contributed by atoms with E-state index in [0.717, 1.165) is 0 Å². The SMILES string of the molecule is C=CCn1cnnc1S[C@@H](C)C(=O)Nc1ccc(OC)c(Cl)c1. The lowest BCUT2D eigenvalue weighted by molar-refractivity contribution is -0.115. The van der Waals surface area contributed by atoms with Crippen LogP contribution in [0.3, 0.4) is 0 Å². The lowest BCUT2D eigenvalue weighted by Crippen LogP contribution is -2.22. The van der Waals surface area contributed by atoms with Gasteiger partial charge in [-0.25, -0.2) is 0 Å². The first kappa shape index (κ1) is 17.4. The number of nitrogens with one attached hydrogen (secondary N) is 1. The lowest BCUT2D eigenvalue weighted by atomic mass is 10.3. The highest BCUT2D eigenvalue weighted by atomic mass is 35.5. The summed E-state index contributed by atoms with van der Waals surface area (Å²) in [5.41, 5.74) is 0.612. The van der Waals surface area contributed by atoms with Crippen LogP contribution in [-0.2, 0) is 11.3 Å². The van der Waals surface area contributed by atoms with Gasteiger partial charge in [-0.3, -0.25) is 4.79 Å². The number of hydrogen-bond acceptors (Lipinski definition) is 5. The highest BCUT2D eigenvalue weighted by Crippen LogP contribution is 2.28. The van der Waals surface area contributed by atoms with Gasteiger partial charge in [0.25, 0.3) is 0 Å². The van der Waals surface area contributed by atoms with E-state index >= 15 is 0 Å². The van der Waals surface area contributed by atoms with Crippen molar-refractivity contribution in [1.82, 2.24) is 14.8 Å². The first-order valence-electron chi connectivity index (χ1n) is 6.85. The average molecular weight is 353 g/mol. The maximum Gasteiger partial charge on any atom is 0.237 e. The van der Waals surface area contributed by atoms with E-state index in [4.69, 9.17) is 16.3 Å². The molecule has 0 aliphatic heterocycles. The molecule has 2 aromatic rings. The van der Waals surface area contributed by atoms with Crippen LogP contribution < -0.4 is 10.1 Å². The number of allylic oxidation sites excluding steroid dienone is 1. The van der Waals surface area contributed by atoms with Crippen molar-refractivity contribution in [2.24, 2.45) is 0 Å². The van der Waals surface area contributed by atoms with Crippen molar-refractivity contribution in [3.05, 3.63) is 42.2 Å². The minimum Gasteiger partial charge on any atom is -0.495 e. The van der Waals surface area contributed by atoms with Gasteiger partial charge in [0.2, 0.25) is 5.91 Å². The van der Waals surface area contributed by atoms with Crippen LogP contribution in [0.1, 0.15) is 6.92 Å². The van der Waals surface area contributed by atoms with E-state index in [0.29, 0.717) is 28.2 Å². The molecule has 0 radical (unpaired) electrons. The van der Waals surface area contributed by atoms with Crippen molar-refractivity contribution < 1.29 is 9.53 Å². The molecule has 0 aliphatic carbocycles. The van der Waals surface area contributed by atoms with Crippen molar-refractivity contribution >= 4 is 35.0 Å². The van der Waals surface area contributed by atoms with Crippen molar-refractivity contribution in [3.8, 4) is 5.75 Å². The molecular weight excluding hydrogens is 336 g/mol. The Balaban J connectivity index is 2.01. The predicted octanol–water partition coefficient (Wildman–Crippen LogP) is 3.25. The van der Waals surface area contributed by atoms with E-state index in [-0.39, 0.29) is 11.2 Å². The minimum atomic E-state index is -0.344. The average Bonchev–Trinajstić information content (AvgIpc) is 2.95. The summed E-state index contributed by atoms with van der Waals surface area (Å²) in [5.74, 6) is 0.411. The maximum absolute atomic E-state index is 12.3. The van der Waals surface area contributed by atoms with Gasteiger partial charge in [-0.2, -0.15) is 0 Å². The van der Waals surface area contributed by atoms with E-state index in [1.807, 2.05) is 4.57 Å². The molecule has 23 heavy (non-hydrogen) atoms. The number of aromatic nitrogens is 3. The molecule has 0 bridgehead atoms. The molecule has 0 saturated heterocycles. The number of ether oxygens (including phenoxy) is 1. The highest BCUT2D eigenvalue weighted by Gasteiger charge is 2.18. The summed E-state index contributed by atoms with van der Waals surface area (Å²) in [4.78, 5) is 12.3. The van der Waals surface area contributed by atoms with Gasteiger partial charge >= 0.3 is 0 Å². The van der Waals surface area contributed by atoms with Gasteiger partial charge < -0.3 is 14.6 Å². The highest BCUT2D eigenvalue weighted by molar-refractivity contribution is 8.00. The number of halogens is 1. The van der Waals surface area contributed by atoms with Gasteiger partial charge in [-0.05, 0) is 25.1 Å². The van der Waals surface area contributed by atoms with E-state index in [9.17, 15) is 4.79 Å². The topological polar surface area (TPSA) is 69.0 Å². The van der Waals surface area contributed by atoms with Gasteiger partial charge in [0.15, 0.2) is 5.16 Å². The molecule has 1 aromatic carbocycles. The predicted molar refractivity (Wildman–Crippen MR) is 92.2 cm³/mol. The van der Waals surface area contributed by atoms with Crippen LogP contribution in [0.4, 0.5) is 5.69 Å². The molecule has 0 saturated carbocycles. The minimum absolute atomic E-state index is 0.149. The molecule has 0 spiro atoms. The number of anilines is 1. The van der Waals surface area contributed by atoms with Crippen molar-refractivity contribution in [2.75, 3.05) is 12.4 Å². The first-order valence-corrected chi connectivity index (χ1v) is 8.10. The fraction of sp³-hybridized carbons (Fsp3) is 0.267. The summed E-state index contributed by atoms with van der Waals surface area (Å²) >= 11 is 7.38. The summed E-state index contributed by atoms with van der Waals surface area (Å²) in [7, 11) is 1.54. The standard InChI is InChI=1S/C15H17ClN4O2S/c1-4-7-20-9-17-19-15(20)23-10(2)14(21)18-11-5-6-13(22-3)12(16)8-11/h4-6,8-10H,1,7H2,2-3H3,(H,18,21)/t10-/m0/s1. The summed E-state index contributed by atoms with van der Waals surface area (Å²) in [6.07, 6.45) is 3.36. The van der Waals surface area contributed by atoms with Crippen LogP contribution in [0.25, 0.3) is 0 Å². The smallest absolute Gasteiger partial charge is 0.237 e. The monoisotopic (exact) mass is 352 g/mol. The lowest BCUT2D eigenvalue weighted by Gasteiger charge is -2.12. The fourth-order valence-corrected chi connectivity index (χ4v) is 2.89. The Hall–Kier alpha value is -1.99. The van der Waals surface area contributed by atoms with Gasteiger partial charge in [0.05, 0.1) is 17.4 Å². The quantitative estimate of drug-likeness (QED) is 0.612. The first-order chi connectivity index (χ1) is 11.0. The number of hydrogen-bond donors (Lipinski definition) is 1. The Morgan fingerprint density at radius 1 is 1.61 bits per heavy atom. The Bertz CT molecular complexity index is 705. The van der Waals surface area contributed by atoms with Gasteiger partial charge in [0.1, 0.15) is 12.1 Å². The van der Waals surface area contributed by atoms with Gasteiger partial charge in [-0.1, -0.05) is 29.4 Å². The summed E-state index contributed by atoms with van der Waals surface area (Å²) in [5, 5.41) is 11.4. The molecule has 1 atom stereocenters. The Labute approximate surface area is 143 Å². The molecule has 6 nitrogen and oxygen atoms in total. The Morgan fingerprint density at radius 2 is 2.39 bits per heavy atom. The van der Waals surface area contributed by atoms with Gasteiger partial charge in [-0.15, -0.1) is 16.8 Å². The largest absolute Gasteiger partial charge is 0.495 e. The molecule has 0 fully saturated rings. The van der Waals surface area contributed by atoms with Crippen LogP contribution >= 0.6 is 23.4 Å². The van der Waals surface area contributed by atoms with Crippen molar-refractivity contribution in [1.29, 1.82) is 0 Å². The zero-order valence-corrected chi connectivity index (χ0v) is 14.4. The number of nitrogens with zero attached hydrogens (tertiary/aromatic N) is 3. The second-order valence-corrected chi connectivity index (χ2v) is 6.37. The summed E-state index contributed by atoms with van der Waals surface area (Å²) in [6.45, 7) is 6.08. The number of benzene rings is 1.